The summed E-state index contributed by atoms with van der Waals surface area (Å²) in [7, 11) is -3.32. The zero-order valence-electron chi connectivity index (χ0n) is 16.2. The monoisotopic (exact) mass is 413 g/mol. The number of halogens is 1. The molecule has 0 bridgehead atoms. The van der Waals surface area contributed by atoms with Crippen LogP contribution in [0.2, 0.25) is 0 Å². The predicted molar refractivity (Wildman–Crippen MR) is 106 cm³/mol. The van der Waals surface area contributed by atoms with E-state index in [0.29, 0.717) is 63.5 Å². The fourth-order valence-corrected chi connectivity index (χ4v) is 5.27. The van der Waals surface area contributed by atoms with Crippen LogP contribution >= 0.6 is 0 Å². The summed E-state index contributed by atoms with van der Waals surface area (Å²) in [6.07, 6.45) is 1.81. The number of ether oxygens (including phenoxy) is 1. The highest BCUT2D eigenvalue weighted by Gasteiger charge is 2.32. The molecule has 28 heavy (non-hydrogen) atoms. The lowest BCUT2D eigenvalue weighted by Crippen LogP contribution is -2.44. The third-order valence-corrected chi connectivity index (χ3v) is 7.22. The molecule has 2 aliphatic heterocycles. The van der Waals surface area contributed by atoms with Gasteiger partial charge in [0.25, 0.3) is 0 Å². The minimum Gasteiger partial charge on any atom is -0.378 e. The van der Waals surface area contributed by atoms with Crippen LogP contribution in [0.25, 0.3) is 0 Å². The van der Waals surface area contributed by atoms with Gasteiger partial charge in [-0.25, -0.2) is 17.1 Å². The largest absolute Gasteiger partial charge is 0.378 e. The van der Waals surface area contributed by atoms with Crippen molar-refractivity contribution in [1.82, 2.24) is 4.31 Å². The molecule has 2 saturated heterocycles. The second-order valence-electron chi connectivity index (χ2n) is 7.27. The minimum atomic E-state index is -3.32. The molecule has 1 N–H and O–H groups in total. The Kier molecular flexibility index (Phi) is 6.90. The van der Waals surface area contributed by atoms with Crippen LogP contribution in [0.4, 0.5) is 15.8 Å². The number of hydrogen-bond donors (Lipinski definition) is 1. The van der Waals surface area contributed by atoms with E-state index in [2.05, 4.69) is 5.32 Å². The molecule has 2 aliphatic rings. The summed E-state index contributed by atoms with van der Waals surface area (Å²) >= 11 is 0. The van der Waals surface area contributed by atoms with Gasteiger partial charge in [-0.1, -0.05) is 6.92 Å². The summed E-state index contributed by atoms with van der Waals surface area (Å²) in [5, 5.41) is 2.74. The quantitative estimate of drug-likeness (QED) is 0.772. The van der Waals surface area contributed by atoms with Gasteiger partial charge in [0.1, 0.15) is 5.82 Å². The molecule has 0 saturated carbocycles. The van der Waals surface area contributed by atoms with Crippen molar-refractivity contribution >= 4 is 27.3 Å². The van der Waals surface area contributed by atoms with Crippen LogP contribution < -0.4 is 10.2 Å². The fraction of sp³-hybridized carbons (Fsp3) is 0.632. The number of piperidine rings is 1. The Morgan fingerprint density at radius 1 is 1.29 bits per heavy atom. The van der Waals surface area contributed by atoms with Gasteiger partial charge in [0, 0.05) is 31.9 Å². The molecule has 3 rings (SSSR count). The lowest BCUT2D eigenvalue weighted by molar-refractivity contribution is -0.120. The lowest BCUT2D eigenvalue weighted by atomic mass is 9.98. The number of amides is 1. The highest BCUT2D eigenvalue weighted by molar-refractivity contribution is 7.89. The first-order valence-corrected chi connectivity index (χ1v) is 11.4. The van der Waals surface area contributed by atoms with Crippen LogP contribution in [0, 0.1) is 11.7 Å². The van der Waals surface area contributed by atoms with E-state index in [9.17, 15) is 17.6 Å². The summed E-state index contributed by atoms with van der Waals surface area (Å²) in [4.78, 5) is 14.5. The summed E-state index contributed by atoms with van der Waals surface area (Å²) < 4.78 is 45.8. The number of nitrogens with one attached hydrogen (secondary N) is 1. The number of nitrogens with zero attached hydrogens (tertiary/aromatic N) is 2. The second-order valence-corrected chi connectivity index (χ2v) is 9.36. The average molecular weight is 414 g/mol. The Labute approximate surface area is 165 Å². The number of hydrogen-bond acceptors (Lipinski definition) is 5. The highest BCUT2D eigenvalue weighted by atomic mass is 32.2. The van der Waals surface area contributed by atoms with Crippen LogP contribution in [0.3, 0.4) is 0 Å². The first kappa shape index (κ1) is 21.0. The van der Waals surface area contributed by atoms with Gasteiger partial charge < -0.3 is 15.0 Å². The summed E-state index contributed by atoms with van der Waals surface area (Å²) in [6.45, 7) is 4.85. The first-order valence-electron chi connectivity index (χ1n) is 9.81. The predicted octanol–water partition coefficient (Wildman–Crippen LogP) is 2.05. The molecule has 1 atom stereocenters. The third-order valence-electron chi connectivity index (χ3n) is 5.18. The maximum atomic E-state index is 14.5. The van der Waals surface area contributed by atoms with Gasteiger partial charge in [-0.2, -0.15) is 0 Å². The molecule has 156 valence electrons. The zero-order valence-corrected chi connectivity index (χ0v) is 17.0. The van der Waals surface area contributed by atoms with E-state index >= 15 is 0 Å². The molecule has 9 heteroatoms. The Morgan fingerprint density at radius 3 is 2.71 bits per heavy atom. The second kappa shape index (κ2) is 9.19. The van der Waals surface area contributed by atoms with Crippen molar-refractivity contribution in [2.45, 2.75) is 26.2 Å². The van der Waals surface area contributed by atoms with Gasteiger partial charge in [0.15, 0.2) is 0 Å². The van der Waals surface area contributed by atoms with Crippen molar-refractivity contribution in [2.75, 3.05) is 55.4 Å². The van der Waals surface area contributed by atoms with Gasteiger partial charge in [0.2, 0.25) is 15.9 Å². The Hall–Kier alpha value is -1.71. The molecular formula is C19H28FN3O4S. The van der Waals surface area contributed by atoms with Crippen molar-refractivity contribution in [3.8, 4) is 0 Å². The molecule has 0 radical (unpaired) electrons. The fourth-order valence-electron chi connectivity index (χ4n) is 3.69. The van der Waals surface area contributed by atoms with Crippen molar-refractivity contribution in [3.63, 3.8) is 0 Å². The van der Waals surface area contributed by atoms with Crippen molar-refractivity contribution < 1.29 is 22.3 Å². The maximum absolute atomic E-state index is 14.5. The van der Waals surface area contributed by atoms with Crippen LogP contribution in [0.1, 0.15) is 26.2 Å². The molecule has 2 heterocycles. The number of carbonyl (C=O) groups is 1. The van der Waals surface area contributed by atoms with Crippen molar-refractivity contribution in [2.24, 2.45) is 5.92 Å². The highest BCUT2D eigenvalue weighted by Crippen LogP contribution is 2.25. The van der Waals surface area contributed by atoms with E-state index in [1.165, 1.54) is 10.4 Å². The van der Waals surface area contributed by atoms with Gasteiger partial charge >= 0.3 is 0 Å². The molecule has 1 aromatic carbocycles. The Bertz CT molecular complexity index is 796. The van der Waals surface area contributed by atoms with Crippen LogP contribution in [-0.4, -0.2) is 63.8 Å². The van der Waals surface area contributed by atoms with Gasteiger partial charge in [-0.05, 0) is 37.5 Å². The number of rotatable bonds is 6. The molecule has 0 spiro atoms. The maximum Gasteiger partial charge on any atom is 0.228 e. The first-order chi connectivity index (χ1) is 13.4. The SMILES string of the molecule is CCCS(=O)(=O)N1CCCC(C(=O)Nc2ccc(N3CCOCC3)c(F)c2)C1. The van der Waals surface area contributed by atoms with E-state index in [-0.39, 0.29) is 18.2 Å². The molecule has 1 unspecified atom stereocenters. The summed E-state index contributed by atoms with van der Waals surface area (Å²) in [5.74, 6) is -0.997. The average Bonchev–Trinajstić information content (AvgIpc) is 2.69. The summed E-state index contributed by atoms with van der Waals surface area (Å²) in [6, 6.07) is 4.66. The van der Waals surface area contributed by atoms with E-state index in [4.69, 9.17) is 4.74 Å². The van der Waals surface area contributed by atoms with Crippen LogP contribution in [0.5, 0.6) is 0 Å². The van der Waals surface area contributed by atoms with Gasteiger partial charge in [0.05, 0.1) is 30.6 Å². The zero-order chi connectivity index (χ0) is 20.1. The number of morpholine rings is 1. The molecule has 1 aromatic rings. The Morgan fingerprint density at radius 2 is 2.04 bits per heavy atom. The van der Waals surface area contributed by atoms with Crippen molar-refractivity contribution in [3.05, 3.63) is 24.0 Å². The normalized spacial score (nSPS) is 21.5. The summed E-state index contributed by atoms with van der Waals surface area (Å²) in [5.41, 5.74) is 0.879. The molecular weight excluding hydrogens is 385 g/mol. The molecule has 1 amide bonds. The van der Waals surface area contributed by atoms with Gasteiger partial charge in [-0.15, -0.1) is 0 Å². The number of benzene rings is 1. The number of carbonyl (C=O) groups excluding carboxylic acids is 1. The van der Waals surface area contributed by atoms with Crippen LogP contribution in [-0.2, 0) is 19.6 Å². The van der Waals surface area contributed by atoms with E-state index in [1.54, 1.807) is 12.1 Å². The molecule has 0 aromatic heterocycles. The minimum absolute atomic E-state index is 0.0928. The molecule has 0 aliphatic carbocycles. The van der Waals surface area contributed by atoms with E-state index < -0.39 is 21.8 Å². The third kappa shape index (κ3) is 5.01. The number of anilines is 2. The smallest absolute Gasteiger partial charge is 0.228 e. The molecule has 2 fully saturated rings. The van der Waals surface area contributed by atoms with Crippen LogP contribution in [0.15, 0.2) is 18.2 Å². The van der Waals surface area contributed by atoms with E-state index in [1.807, 2.05) is 11.8 Å². The van der Waals surface area contributed by atoms with Gasteiger partial charge in [-0.3, -0.25) is 4.79 Å². The lowest BCUT2D eigenvalue weighted by Gasteiger charge is -2.31. The van der Waals surface area contributed by atoms with E-state index in [0.717, 1.165) is 0 Å². The Balaban J connectivity index is 1.63. The van der Waals surface area contributed by atoms with Crippen molar-refractivity contribution in [1.29, 1.82) is 0 Å². The molecule has 7 nitrogen and oxygen atoms in total. The topological polar surface area (TPSA) is 79.0 Å². The standard InChI is InChI=1S/C19H28FN3O4S/c1-2-12-28(25,26)23-7-3-4-15(14-23)19(24)21-16-5-6-18(17(20)13-16)22-8-10-27-11-9-22/h5-6,13,15H,2-4,7-12,14H2,1H3,(H,21,24). The number of sulfonamides is 1.